The number of aryl methyl sites for hydroxylation is 1. The number of aromatic nitrogens is 4. The molecule has 0 fully saturated rings. The molecule has 0 bridgehead atoms. The van der Waals surface area contributed by atoms with E-state index < -0.39 is 0 Å². The van der Waals surface area contributed by atoms with Crippen LogP contribution in [-0.2, 0) is 6.42 Å². The van der Waals surface area contributed by atoms with E-state index in [0.717, 1.165) is 11.3 Å². The third kappa shape index (κ3) is 4.56. The third-order valence-corrected chi connectivity index (χ3v) is 5.44. The molecule has 0 aliphatic heterocycles. The number of amides is 1. The topological polar surface area (TPSA) is 102 Å². The lowest BCUT2D eigenvalue weighted by atomic mass is 10.2. The van der Waals surface area contributed by atoms with E-state index in [4.69, 9.17) is 4.74 Å². The number of carbonyl (C=O) groups is 1. The Labute approximate surface area is 182 Å². The molecule has 8 nitrogen and oxygen atoms in total. The van der Waals surface area contributed by atoms with Crippen molar-refractivity contribution in [3.63, 3.8) is 0 Å². The Morgan fingerprint density at radius 3 is 2.84 bits per heavy atom. The number of carbonyl (C=O) groups excluding carboxylic acids is 1. The number of aromatic amines is 1. The van der Waals surface area contributed by atoms with Gasteiger partial charge in [-0.1, -0.05) is 25.5 Å². The summed E-state index contributed by atoms with van der Waals surface area (Å²) in [4.78, 5) is 33.3. The van der Waals surface area contributed by atoms with Crippen LogP contribution >= 0.6 is 11.3 Å². The number of methoxy groups -OCH3 is 1. The quantitative estimate of drug-likeness (QED) is 0.458. The molecule has 158 valence electrons. The van der Waals surface area contributed by atoms with Crippen LogP contribution in [0.5, 0.6) is 5.75 Å². The van der Waals surface area contributed by atoms with E-state index in [-0.39, 0.29) is 17.4 Å². The molecule has 0 saturated heterocycles. The second kappa shape index (κ2) is 8.97. The minimum atomic E-state index is -0.329. The highest BCUT2D eigenvalue weighted by atomic mass is 32.1. The number of benzene rings is 1. The molecule has 9 heteroatoms. The molecule has 0 aliphatic rings. The van der Waals surface area contributed by atoms with Gasteiger partial charge in [-0.3, -0.25) is 14.6 Å². The van der Waals surface area contributed by atoms with Gasteiger partial charge in [0.2, 0.25) is 5.95 Å². The van der Waals surface area contributed by atoms with Crippen molar-refractivity contribution in [2.45, 2.75) is 19.8 Å². The first-order valence-electron chi connectivity index (χ1n) is 9.77. The van der Waals surface area contributed by atoms with Crippen molar-refractivity contribution in [1.82, 2.24) is 19.7 Å². The number of ether oxygens (including phenoxy) is 1. The summed E-state index contributed by atoms with van der Waals surface area (Å²) in [6.45, 7) is 2.02. The molecule has 3 aromatic heterocycles. The summed E-state index contributed by atoms with van der Waals surface area (Å²) in [5, 5.41) is 9.43. The van der Waals surface area contributed by atoms with Crippen molar-refractivity contribution < 1.29 is 9.53 Å². The SMILES string of the molecule is CCCc1cc(=O)[nH]c(-n2nc(-c3cccs3)cc2NC(=O)c2cccc(OC)c2)n1. The predicted octanol–water partition coefficient (Wildman–Crippen LogP) is 3.90. The van der Waals surface area contributed by atoms with Gasteiger partial charge in [0.1, 0.15) is 17.3 Å². The van der Waals surface area contributed by atoms with Crippen LogP contribution in [0, 0.1) is 0 Å². The maximum Gasteiger partial charge on any atom is 0.256 e. The number of hydrogen-bond acceptors (Lipinski definition) is 6. The van der Waals surface area contributed by atoms with Crippen molar-refractivity contribution in [2.24, 2.45) is 0 Å². The summed E-state index contributed by atoms with van der Waals surface area (Å²) in [5.74, 6) is 0.899. The minimum Gasteiger partial charge on any atom is -0.497 e. The molecule has 0 spiro atoms. The fourth-order valence-electron chi connectivity index (χ4n) is 3.11. The van der Waals surface area contributed by atoms with Crippen LogP contribution in [0.4, 0.5) is 5.82 Å². The van der Waals surface area contributed by atoms with Crippen LogP contribution in [0.3, 0.4) is 0 Å². The molecule has 2 N–H and O–H groups in total. The normalized spacial score (nSPS) is 10.8. The van der Waals surface area contributed by atoms with E-state index >= 15 is 0 Å². The van der Waals surface area contributed by atoms with Crippen LogP contribution in [0.25, 0.3) is 16.5 Å². The summed E-state index contributed by atoms with van der Waals surface area (Å²) < 4.78 is 6.66. The lowest BCUT2D eigenvalue weighted by Gasteiger charge is -2.09. The van der Waals surface area contributed by atoms with Crippen LogP contribution in [0.1, 0.15) is 29.4 Å². The Morgan fingerprint density at radius 1 is 1.23 bits per heavy atom. The van der Waals surface area contributed by atoms with E-state index in [2.05, 4.69) is 20.4 Å². The zero-order chi connectivity index (χ0) is 21.8. The molecule has 4 aromatic rings. The maximum atomic E-state index is 12.9. The van der Waals surface area contributed by atoms with E-state index in [1.165, 1.54) is 22.1 Å². The second-order valence-electron chi connectivity index (χ2n) is 6.80. The number of anilines is 1. The van der Waals surface area contributed by atoms with E-state index in [0.29, 0.717) is 34.9 Å². The summed E-state index contributed by atoms with van der Waals surface area (Å²) >= 11 is 1.53. The molecule has 3 heterocycles. The summed E-state index contributed by atoms with van der Waals surface area (Å²) in [5.41, 5.74) is 1.50. The van der Waals surface area contributed by atoms with Gasteiger partial charge in [-0.2, -0.15) is 9.78 Å². The number of rotatable bonds is 7. The number of H-pyrrole nitrogens is 1. The molecule has 0 unspecified atom stereocenters. The fraction of sp³-hybridized carbons (Fsp3) is 0.182. The van der Waals surface area contributed by atoms with Gasteiger partial charge in [-0.25, -0.2) is 4.98 Å². The van der Waals surface area contributed by atoms with Gasteiger partial charge in [0.05, 0.1) is 12.0 Å². The molecule has 0 aliphatic carbocycles. The highest BCUT2D eigenvalue weighted by Gasteiger charge is 2.17. The molecule has 4 rings (SSSR count). The lowest BCUT2D eigenvalue weighted by molar-refractivity contribution is 0.102. The van der Waals surface area contributed by atoms with Gasteiger partial charge in [0.25, 0.3) is 11.5 Å². The van der Waals surface area contributed by atoms with Crippen LogP contribution in [-0.4, -0.2) is 32.8 Å². The maximum absolute atomic E-state index is 12.9. The molecule has 0 radical (unpaired) electrons. The van der Waals surface area contributed by atoms with Crippen molar-refractivity contribution in [3.8, 4) is 22.3 Å². The Bertz CT molecular complexity index is 1260. The van der Waals surface area contributed by atoms with Gasteiger partial charge in [0.15, 0.2) is 0 Å². The fourth-order valence-corrected chi connectivity index (χ4v) is 3.79. The van der Waals surface area contributed by atoms with E-state index in [9.17, 15) is 9.59 Å². The molecule has 0 atom stereocenters. The molecule has 1 amide bonds. The first kappa shape index (κ1) is 20.5. The molecular formula is C22H21N5O3S. The minimum absolute atomic E-state index is 0.250. The monoisotopic (exact) mass is 435 g/mol. The Balaban J connectivity index is 1.76. The average molecular weight is 436 g/mol. The van der Waals surface area contributed by atoms with Crippen LogP contribution in [0.2, 0.25) is 0 Å². The van der Waals surface area contributed by atoms with Gasteiger partial charge in [-0.15, -0.1) is 11.3 Å². The highest BCUT2D eigenvalue weighted by Crippen LogP contribution is 2.27. The number of nitrogens with zero attached hydrogens (tertiary/aromatic N) is 3. The lowest BCUT2D eigenvalue weighted by Crippen LogP contribution is -2.19. The molecular weight excluding hydrogens is 414 g/mol. The van der Waals surface area contributed by atoms with Gasteiger partial charge < -0.3 is 10.1 Å². The van der Waals surface area contributed by atoms with Crippen LogP contribution in [0.15, 0.2) is 58.7 Å². The smallest absolute Gasteiger partial charge is 0.256 e. The largest absolute Gasteiger partial charge is 0.497 e. The Kier molecular flexibility index (Phi) is 5.94. The first-order valence-corrected chi connectivity index (χ1v) is 10.7. The third-order valence-electron chi connectivity index (χ3n) is 4.55. The van der Waals surface area contributed by atoms with E-state index in [1.54, 1.807) is 37.4 Å². The van der Waals surface area contributed by atoms with Crippen molar-refractivity contribution in [2.75, 3.05) is 12.4 Å². The van der Waals surface area contributed by atoms with Crippen LogP contribution < -0.4 is 15.6 Å². The Hall–Kier alpha value is -3.72. The summed E-state index contributed by atoms with van der Waals surface area (Å²) in [6.07, 6.45) is 1.52. The van der Waals surface area contributed by atoms with Crippen molar-refractivity contribution in [3.05, 3.63) is 75.5 Å². The second-order valence-corrected chi connectivity index (χ2v) is 7.75. The summed E-state index contributed by atoms with van der Waals surface area (Å²) in [7, 11) is 1.55. The van der Waals surface area contributed by atoms with Crippen molar-refractivity contribution in [1.29, 1.82) is 0 Å². The number of hydrogen-bond donors (Lipinski definition) is 2. The zero-order valence-corrected chi connectivity index (χ0v) is 17.9. The summed E-state index contributed by atoms with van der Waals surface area (Å²) in [6, 6.07) is 14.0. The van der Waals surface area contributed by atoms with E-state index in [1.807, 2.05) is 24.4 Å². The average Bonchev–Trinajstić information content (AvgIpc) is 3.43. The van der Waals surface area contributed by atoms with Gasteiger partial charge in [0, 0.05) is 23.4 Å². The van der Waals surface area contributed by atoms with Gasteiger partial charge in [-0.05, 0) is 36.1 Å². The van der Waals surface area contributed by atoms with Crippen molar-refractivity contribution >= 4 is 23.1 Å². The number of thiophene rings is 1. The van der Waals surface area contributed by atoms with Gasteiger partial charge >= 0.3 is 0 Å². The molecule has 0 saturated carbocycles. The predicted molar refractivity (Wildman–Crippen MR) is 120 cm³/mol. The highest BCUT2D eigenvalue weighted by molar-refractivity contribution is 7.13. The number of nitrogens with one attached hydrogen (secondary N) is 2. The standard InChI is InChI=1S/C22H21N5O3S/c1-3-6-15-12-20(28)25-22(23-15)27-19(13-17(26-27)18-9-5-10-31-18)24-21(29)14-7-4-8-16(11-14)30-2/h4-5,7-13H,3,6H2,1-2H3,(H,24,29)(H,23,25,28). The molecule has 31 heavy (non-hydrogen) atoms. The Morgan fingerprint density at radius 2 is 2.10 bits per heavy atom. The molecule has 1 aromatic carbocycles. The first-order chi connectivity index (χ1) is 15.1. The zero-order valence-electron chi connectivity index (χ0n) is 17.1.